The van der Waals surface area contributed by atoms with Crippen molar-refractivity contribution in [3.8, 4) is 0 Å². The van der Waals surface area contributed by atoms with Gasteiger partial charge in [0.15, 0.2) is 0 Å². The highest BCUT2D eigenvalue weighted by molar-refractivity contribution is 5.10. The second-order valence-corrected chi connectivity index (χ2v) is 6.55. The number of hydrogen-bond donors (Lipinski definition) is 1. The van der Waals surface area contributed by atoms with Gasteiger partial charge in [0, 0.05) is 30.9 Å². The molecule has 1 fully saturated rings. The fourth-order valence-corrected chi connectivity index (χ4v) is 2.92. The van der Waals surface area contributed by atoms with Gasteiger partial charge in [0.2, 0.25) is 0 Å². The highest BCUT2D eigenvalue weighted by atomic mass is 15.1. The number of rotatable bonds is 6. The molecular formula is C15H27N3. The minimum Gasteiger partial charge on any atom is -0.334 e. The molecule has 1 atom stereocenters. The van der Waals surface area contributed by atoms with Crippen LogP contribution in [-0.4, -0.2) is 16.1 Å². The smallest absolute Gasteiger partial charge is 0.0948 e. The van der Waals surface area contributed by atoms with E-state index in [1.807, 2.05) is 12.5 Å². The maximum atomic E-state index is 5.93. The molecule has 0 bridgehead atoms. The first-order chi connectivity index (χ1) is 8.50. The second-order valence-electron chi connectivity index (χ2n) is 6.55. The third-order valence-electron chi connectivity index (χ3n) is 4.79. The Hall–Kier alpha value is -0.830. The molecule has 1 aliphatic rings. The average molecular weight is 249 g/mol. The Balaban J connectivity index is 2.18. The molecule has 0 aromatic carbocycles. The Morgan fingerprint density at radius 3 is 2.44 bits per heavy atom. The summed E-state index contributed by atoms with van der Waals surface area (Å²) >= 11 is 0. The van der Waals surface area contributed by atoms with Crippen molar-refractivity contribution in [2.24, 2.45) is 23.0 Å². The quantitative estimate of drug-likeness (QED) is 0.842. The molecule has 1 saturated carbocycles. The largest absolute Gasteiger partial charge is 0.334 e. The molecule has 3 nitrogen and oxygen atoms in total. The van der Waals surface area contributed by atoms with Gasteiger partial charge in [-0.2, -0.15) is 0 Å². The molecule has 1 heterocycles. The summed E-state index contributed by atoms with van der Waals surface area (Å²) in [6.45, 7) is 11.0. The summed E-state index contributed by atoms with van der Waals surface area (Å²) < 4.78 is 2.35. The molecule has 18 heavy (non-hydrogen) atoms. The minimum atomic E-state index is 0.426. The molecule has 0 radical (unpaired) electrons. The molecule has 2 N–H and O–H groups in total. The molecule has 1 aliphatic carbocycles. The average Bonchev–Trinajstić information content (AvgIpc) is 2.95. The first-order valence-electron chi connectivity index (χ1n) is 7.20. The summed E-state index contributed by atoms with van der Waals surface area (Å²) in [5.74, 6) is 1.75. The van der Waals surface area contributed by atoms with E-state index in [2.05, 4.69) is 37.2 Å². The van der Waals surface area contributed by atoms with Crippen molar-refractivity contribution in [3.63, 3.8) is 0 Å². The number of nitrogens with two attached hydrogens (primary N) is 1. The third kappa shape index (κ3) is 2.46. The Bertz CT molecular complexity index is 388. The SMILES string of the molecule is CC(C)C(CN)c1cncn1CC1(C(C)C)CC1. The summed E-state index contributed by atoms with van der Waals surface area (Å²) in [6, 6.07) is 0. The summed E-state index contributed by atoms with van der Waals surface area (Å²) in [6.07, 6.45) is 6.71. The van der Waals surface area contributed by atoms with E-state index in [9.17, 15) is 0 Å². The third-order valence-corrected chi connectivity index (χ3v) is 4.79. The van der Waals surface area contributed by atoms with E-state index in [0.717, 1.165) is 12.5 Å². The molecule has 0 spiro atoms. The van der Waals surface area contributed by atoms with Crippen LogP contribution in [0.4, 0.5) is 0 Å². The van der Waals surface area contributed by atoms with Gasteiger partial charge in [0.05, 0.1) is 6.33 Å². The lowest BCUT2D eigenvalue weighted by molar-refractivity contribution is 0.300. The maximum Gasteiger partial charge on any atom is 0.0948 e. The molecule has 102 valence electrons. The van der Waals surface area contributed by atoms with Gasteiger partial charge in [0.25, 0.3) is 0 Å². The lowest BCUT2D eigenvalue weighted by atomic mass is 9.90. The zero-order valence-electron chi connectivity index (χ0n) is 12.2. The second kappa shape index (κ2) is 5.04. The number of hydrogen-bond acceptors (Lipinski definition) is 2. The standard InChI is InChI=1S/C15H27N3/c1-11(2)13(7-16)14-8-17-10-18(14)9-15(5-6-15)12(3)4/h8,10-13H,5-7,9,16H2,1-4H3. The zero-order valence-corrected chi connectivity index (χ0v) is 12.2. The summed E-state index contributed by atoms with van der Waals surface area (Å²) in [7, 11) is 0. The van der Waals surface area contributed by atoms with Gasteiger partial charge in [-0.1, -0.05) is 27.7 Å². The number of nitrogens with zero attached hydrogens (tertiary/aromatic N) is 2. The van der Waals surface area contributed by atoms with E-state index < -0.39 is 0 Å². The van der Waals surface area contributed by atoms with Gasteiger partial charge < -0.3 is 10.3 Å². The van der Waals surface area contributed by atoms with Gasteiger partial charge in [-0.15, -0.1) is 0 Å². The fourth-order valence-electron chi connectivity index (χ4n) is 2.92. The lowest BCUT2D eigenvalue weighted by Gasteiger charge is -2.25. The highest BCUT2D eigenvalue weighted by Gasteiger charge is 2.45. The maximum absolute atomic E-state index is 5.93. The van der Waals surface area contributed by atoms with Gasteiger partial charge in [-0.3, -0.25) is 0 Å². The monoisotopic (exact) mass is 249 g/mol. The van der Waals surface area contributed by atoms with E-state index in [1.165, 1.54) is 18.5 Å². The van der Waals surface area contributed by atoms with Crippen LogP contribution < -0.4 is 5.73 Å². The van der Waals surface area contributed by atoms with Gasteiger partial charge in [0.1, 0.15) is 0 Å². The Labute approximate surface area is 111 Å². The van der Waals surface area contributed by atoms with Crippen LogP contribution in [0.15, 0.2) is 12.5 Å². The molecule has 1 unspecified atom stereocenters. The Morgan fingerprint density at radius 1 is 1.33 bits per heavy atom. The van der Waals surface area contributed by atoms with Crippen molar-refractivity contribution in [2.45, 2.75) is 53.0 Å². The van der Waals surface area contributed by atoms with Gasteiger partial charge >= 0.3 is 0 Å². The molecule has 0 amide bonds. The van der Waals surface area contributed by atoms with Crippen molar-refractivity contribution in [1.82, 2.24) is 9.55 Å². The minimum absolute atomic E-state index is 0.426. The van der Waals surface area contributed by atoms with Crippen molar-refractivity contribution in [2.75, 3.05) is 6.54 Å². The van der Waals surface area contributed by atoms with Crippen LogP contribution in [0, 0.1) is 17.3 Å². The van der Waals surface area contributed by atoms with Gasteiger partial charge in [-0.25, -0.2) is 4.98 Å². The van der Waals surface area contributed by atoms with Crippen LogP contribution >= 0.6 is 0 Å². The van der Waals surface area contributed by atoms with E-state index >= 15 is 0 Å². The van der Waals surface area contributed by atoms with Crippen molar-refractivity contribution in [3.05, 3.63) is 18.2 Å². The predicted octanol–water partition coefficient (Wildman–Crippen LogP) is 3.02. The number of imidazole rings is 1. The van der Waals surface area contributed by atoms with Crippen LogP contribution in [0.5, 0.6) is 0 Å². The summed E-state index contributed by atoms with van der Waals surface area (Å²) in [5, 5.41) is 0. The molecule has 3 heteroatoms. The first kappa shape index (κ1) is 13.6. The molecule has 1 aromatic heterocycles. The highest BCUT2D eigenvalue weighted by Crippen LogP contribution is 2.53. The van der Waals surface area contributed by atoms with Crippen LogP contribution in [0.1, 0.15) is 52.1 Å². The predicted molar refractivity (Wildman–Crippen MR) is 75.4 cm³/mol. The molecular weight excluding hydrogens is 222 g/mol. The van der Waals surface area contributed by atoms with Crippen molar-refractivity contribution >= 4 is 0 Å². The summed E-state index contributed by atoms with van der Waals surface area (Å²) in [4.78, 5) is 4.35. The van der Waals surface area contributed by atoms with Crippen LogP contribution in [0.3, 0.4) is 0 Å². The van der Waals surface area contributed by atoms with Crippen molar-refractivity contribution in [1.29, 1.82) is 0 Å². The summed E-state index contributed by atoms with van der Waals surface area (Å²) in [5.41, 5.74) is 7.77. The van der Waals surface area contributed by atoms with Crippen molar-refractivity contribution < 1.29 is 0 Å². The molecule has 2 rings (SSSR count). The normalized spacial score (nSPS) is 19.5. The molecule has 0 saturated heterocycles. The Morgan fingerprint density at radius 2 is 2.00 bits per heavy atom. The number of aromatic nitrogens is 2. The van der Waals surface area contributed by atoms with E-state index in [-0.39, 0.29) is 0 Å². The fraction of sp³-hybridized carbons (Fsp3) is 0.800. The van der Waals surface area contributed by atoms with E-state index in [4.69, 9.17) is 5.73 Å². The molecule has 1 aromatic rings. The Kier molecular flexibility index (Phi) is 3.81. The molecule has 0 aliphatic heterocycles. The van der Waals surface area contributed by atoms with Gasteiger partial charge in [-0.05, 0) is 30.1 Å². The van der Waals surface area contributed by atoms with Crippen LogP contribution in [0.2, 0.25) is 0 Å². The van der Waals surface area contributed by atoms with Crippen LogP contribution in [0.25, 0.3) is 0 Å². The van der Waals surface area contributed by atoms with Crippen LogP contribution in [-0.2, 0) is 6.54 Å². The lowest BCUT2D eigenvalue weighted by Crippen LogP contribution is -2.24. The zero-order chi connectivity index (χ0) is 13.3. The van der Waals surface area contributed by atoms with E-state index in [1.54, 1.807) is 0 Å². The first-order valence-corrected chi connectivity index (χ1v) is 7.20. The van der Waals surface area contributed by atoms with E-state index in [0.29, 0.717) is 23.8 Å². The topological polar surface area (TPSA) is 43.8 Å².